The van der Waals surface area contributed by atoms with Crippen molar-refractivity contribution in [2.45, 2.75) is 13.1 Å². The van der Waals surface area contributed by atoms with Crippen LogP contribution >= 0.6 is 0 Å². The number of furan rings is 1. The molecule has 0 saturated heterocycles. The maximum atomic E-state index is 13.8. The van der Waals surface area contributed by atoms with Crippen molar-refractivity contribution in [3.8, 4) is 11.3 Å². The van der Waals surface area contributed by atoms with E-state index in [1.807, 2.05) is 0 Å². The molecule has 0 aliphatic rings. The molecule has 0 fully saturated rings. The number of rotatable bonds is 5. The Morgan fingerprint density at radius 1 is 0.935 bits per heavy atom. The van der Waals surface area contributed by atoms with Gasteiger partial charge >= 0.3 is 6.18 Å². The lowest BCUT2D eigenvalue weighted by Gasteiger charge is -2.13. The van der Waals surface area contributed by atoms with E-state index in [-0.39, 0.29) is 11.5 Å². The van der Waals surface area contributed by atoms with Gasteiger partial charge in [0.15, 0.2) is 29.1 Å². The molecule has 3 aromatic rings. The smallest absolute Gasteiger partial charge is 0.422 e. The van der Waals surface area contributed by atoms with E-state index >= 15 is 0 Å². The Kier molecular flexibility index (Phi) is 5.87. The normalized spacial score (nSPS) is 11.9. The van der Waals surface area contributed by atoms with Crippen LogP contribution in [0.3, 0.4) is 0 Å². The summed E-state index contributed by atoms with van der Waals surface area (Å²) in [4.78, 5) is 11.3. The first-order valence-corrected chi connectivity index (χ1v) is 8.44. The van der Waals surface area contributed by atoms with Gasteiger partial charge in [-0.05, 0) is 19.1 Å². The predicted molar refractivity (Wildman–Crippen MR) is 96.6 cm³/mol. The molecule has 162 valence electrons. The molecule has 11 heteroatoms. The largest absolute Gasteiger partial charge is 0.455 e. The van der Waals surface area contributed by atoms with Gasteiger partial charge in [0, 0.05) is 11.1 Å². The van der Waals surface area contributed by atoms with Gasteiger partial charge in [-0.1, -0.05) is 24.3 Å². The van der Waals surface area contributed by atoms with E-state index in [1.54, 1.807) is 29.7 Å². The van der Waals surface area contributed by atoms with Crippen molar-refractivity contribution in [1.29, 1.82) is 0 Å². The van der Waals surface area contributed by atoms with Crippen molar-refractivity contribution in [2.24, 2.45) is 5.10 Å². The topological polar surface area (TPSA) is 54.6 Å². The Labute approximate surface area is 170 Å². The van der Waals surface area contributed by atoms with Crippen LogP contribution in [-0.2, 0) is 6.18 Å². The average Bonchev–Trinajstić information content (AvgIpc) is 3.17. The van der Waals surface area contributed by atoms with Crippen LogP contribution in [0.15, 0.2) is 45.9 Å². The second kappa shape index (κ2) is 8.25. The second-order valence-electron chi connectivity index (χ2n) is 6.21. The summed E-state index contributed by atoms with van der Waals surface area (Å²) in [7, 11) is 0. The van der Waals surface area contributed by atoms with Crippen molar-refractivity contribution in [3.63, 3.8) is 0 Å². The Morgan fingerprint density at radius 3 is 2.03 bits per heavy atom. The molecule has 2 aromatic carbocycles. The van der Waals surface area contributed by atoms with Gasteiger partial charge in [0.1, 0.15) is 22.8 Å². The first-order valence-electron chi connectivity index (χ1n) is 8.44. The number of hydrazone groups is 1. The number of nitrogens with zero attached hydrogens (tertiary/aromatic N) is 1. The quantitative estimate of drug-likeness (QED) is 0.168. The lowest BCUT2D eigenvalue weighted by atomic mass is 10.1. The van der Waals surface area contributed by atoms with Crippen molar-refractivity contribution in [2.75, 3.05) is 5.43 Å². The molecular formula is C20H11F7N2O2. The number of carbonyl (C=O) groups is 1. The van der Waals surface area contributed by atoms with Crippen LogP contribution in [0.25, 0.3) is 11.3 Å². The van der Waals surface area contributed by atoms with Gasteiger partial charge < -0.3 is 4.42 Å². The van der Waals surface area contributed by atoms with E-state index in [0.29, 0.717) is 16.9 Å². The highest BCUT2D eigenvalue weighted by molar-refractivity contribution is 5.94. The molecule has 0 radical (unpaired) electrons. The maximum Gasteiger partial charge on any atom is 0.422 e. The van der Waals surface area contributed by atoms with Gasteiger partial charge in [-0.2, -0.15) is 18.3 Å². The summed E-state index contributed by atoms with van der Waals surface area (Å²) < 4.78 is 98.0. The molecule has 0 unspecified atom stereocenters. The summed E-state index contributed by atoms with van der Waals surface area (Å²) >= 11 is 0. The van der Waals surface area contributed by atoms with Crippen LogP contribution < -0.4 is 5.43 Å². The summed E-state index contributed by atoms with van der Waals surface area (Å²) in [6.07, 6.45) is -4.75. The van der Waals surface area contributed by atoms with Crippen LogP contribution in [0.4, 0.5) is 36.4 Å². The summed E-state index contributed by atoms with van der Waals surface area (Å²) in [5, 5.41) is 3.34. The predicted octanol–water partition coefficient (Wildman–Crippen LogP) is 6.17. The number of nitrogens with one attached hydrogen (secondary N) is 1. The summed E-state index contributed by atoms with van der Waals surface area (Å²) in [6, 6.07) is 9.31. The van der Waals surface area contributed by atoms with Crippen LogP contribution in [-0.4, -0.2) is 12.0 Å². The Hall–Kier alpha value is -3.63. The molecule has 3 rings (SSSR count). The molecule has 1 N–H and O–H groups in total. The zero-order chi connectivity index (χ0) is 22.9. The highest BCUT2D eigenvalue weighted by atomic mass is 19.4. The zero-order valence-electron chi connectivity index (χ0n) is 15.5. The van der Waals surface area contributed by atoms with E-state index in [9.17, 15) is 35.5 Å². The minimum atomic E-state index is -5.63. The number of anilines is 1. The number of carbonyl (C=O) groups excluding carboxylic acids is 1. The molecule has 0 aliphatic heterocycles. The third-order valence-corrected chi connectivity index (χ3v) is 4.12. The Balaban J connectivity index is 1.81. The Morgan fingerprint density at radius 2 is 1.52 bits per heavy atom. The molecular weight excluding hydrogens is 433 g/mol. The third kappa shape index (κ3) is 4.44. The fourth-order valence-electron chi connectivity index (χ4n) is 2.59. The SMILES string of the molecule is CC(=O)c1ccc(-c2ccc(/C=N/Nc3c(F)c(F)c(C(F)(F)F)c(F)c3F)o2)cc1. The fraction of sp³-hybridized carbons (Fsp3) is 0.100. The minimum absolute atomic E-state index is 0.0480. The number of hydrogen-bond acceptors (Lipinski definition) is 4. The average molecular weight is 444 g/mol. The number of ketones is 1. The lowest BCUT2D eigenvalue weighted by molar-refractivity contribution is -0.143. The van der Waals surface area contributed by atoms with Gasteiger partial charge in [0.25, 0.3) is 0 Å². The first kappa shape index (κ1) is 22.1. The van der Waals surface area contributed by atoms with E-state index in [0.717, 1.165) is 6.21 Å². The number of Topliss-reactive ketones (excluding diaryl/α,β-unsaturated/α-hetero) is 1. The molecule has 0 bridgehead atoms. The number of hydrogen-bond donors (Lipinski definition) is 1. The number of halogens is 7. The van der Waals surface area contributed by atoms with Crippen LogP contribution in [0.2, 0.25) is 0 Å². The molecule has 1 heterocycles. The summed E-state index contributed by atoms with van der Waals surface area (Å²) in [5.74, 6) is -9.49. The summed E-state index contributed by atoms with van der Waals surface area (Å²) in [5.41, 5.74) is -1.49. The first-order chi connectivity index (χ1) is 14.5. The monoisotopic (exact) mass is 444 g/mol. The van der Waals surface area contributed by atoms with Gasteiger partial charge in [0.2, 0.25) is 0 Å². The molecule has 0 saturated carbocycles. The van der Waals surface area contributed by atoms with E-state index < -0.39 is 40.7 Å². The van der Waals surface area contributed by atoms with E-state index in [4.69, 9.17) is 4.42 Å². The molecule has 0 aliphatic carbocycles. The highest BCUT2D eigenvalue weighted by Crippen LogP contribution is 2.38. The maximum absolute atomic E-state index is 13.8. The fourth-order valence-corrected chi connectivity index (χ4v) is 2.59. The summed E-state index contributed by atoms with van der Waals surface area (Å²) in [6.45, 7) is 1.41. The van der Waals surface area contributed by atoms with Crippen LogP contribution in [0.1, 0.15) is 28.6 Å². The molecule has 0 atom stereocenters. The van der Waals surface area contributed by atoms with Crippen molar-refractivity contribution in [1.82, 2.24) is 0 Å². The van der Waals surface area contributed by atoms with Gasteiger partial charge in [-0.15, -0.1) is 0 Å². The molecule has 0 spiro atoms. The molecule has 31 heavy (non-hydrogen) atoms. The molecule has 4 nitrogen and oxygen atoms in total. The van der Waals surface area contributed by atoms with E-state index in [1.165, 1.54) is 19.1 Å². The van der Waals surface area contributed by atoms with Gasteiger partial charge in [-0.25, -0.2) is 17.6 Å². The van der Waals surface area contributed by atoms with Crippen molar-refractivity contribution in [3.05, 3.63) is 76.6 Å². The van der Waals surface area contributed by atoms with Gasteiger partial charge in [0.05, 0.1) is 6.21 Å². The van der Waals surface area contributed by atoms with E-state index in [2.05, 4.69) is 5.10 Å². The molecule has 1 aromatic heterocycles. The number of alkyl halides is 3. The van der Waals surface area contributed by atoms with Crippen LogP contribution in [0, 0.1) is 23.3 Å². The lowest BCUT2D eigenvalue weighted by Crippen LogP contribution is -2.16. The highest BCUT2D eigenvalue weighted by Gasteiger charge is 2.42. The minimum Gasteiger partial charge on any atom is -0.455 e. The standard InChI is InChI=1S/C20H11F7N2O2/c1-9(30)10-2-4-11(5-3-10)13-7-6-12(31-13)8-28-29-19-17(23)15(21)14(20(25,26)27)16(22)18(19)24/h2-8,29H,1H3/b28-8+. The van der Waals surface area contributed by atoms with Crippen molar-refractivity contribution < 1.29 is 39.9 Å². The third-order valence-electron chi connectivity index (χ3n) is 4.12. The van der Waals surface area contributed by atoms with Crippen LogP contribution in [0.5, 0.6) is 0 Å². The Bertz CT molecular complexity index is 1140. The van der Waals surface area contributed by atoms with Crippen molar-refractivity contribution >= 4 is 17.7 Å². The van der Waals surface area contributed by atoms with Gasteiger partial charge in [-0.3, -0.25) is 10.2 Å². The number of benzene rings is 2. The second-order valence-corrected chi connectivity index (χ2v) is 6.21. The zero-order valence-corrected chi connectivity index (χ0v) is 15.5. The molecule has 0 amide bonds.